The average Bonchev–Trinajstić information content (AvgIpc) is 3.00. The predicted octanol–water partition coefficient (Wildman–Crippen LogP) is 3.40. The molecule has 6 nitrogen and oxygen atoms in total. The summed E-state index contributed by atoms with van der Waals surface area (Å²) in [4.78, 5) is 12.3. The van der Waals surface area contributed by atoms with Gasteiger partial charge < -0.3 is 10.1 Å². The van der Waals surface area contributed by atoms with E-state index >= 15 is 0 Å². The molecule has 0 spiro atoms. The minimum absolute atomic E-state index is 0.142. The van der Waals surface area contributed by atoms with Crippen molar-refractivity contribution in [2.75, 3.05) is 11.9 Å². The van der Waals surface area contributed by atoms with E-state index in [2.05, 4.69) is 10.4 Å². The molecule has 0 aliphatic heterocycles. The summed E-state index contributed by atoms with van der Waals surface area (Å²) in [6, 6.07) is 22.8. The molecule has 2 heterocycles. The zero-order valence-electron chi connectivity index (χ0n) is 14.1. The zero-order valence-corrected chi connectivity index (χ0v) is 14.1. The van der Waals surface area contributed by atoms with Gasteiger partial charge in [-0.05, 0) is 36.4 Å². The van der Waals surface area contributed by atoms with Gasteiger partial charge in [0.05, 0.1) is 12.2 Å². The third-order valence-corrected chi connectivity index (χ3v) is 3.99. The Morgan fingerprint density at radius 3 is 2.54 bits per heavy atom. The van der Waals surface area contributed by atoms with Crippen LogP contribution in [0.25, 0.3) is 5.65 Å². The molecule has 1 N–H and O–H groups in total. The Balaban J connectivity index is 1.46. The van der Waals surface area contributed by atoms with Crippen LogP contribution in [0.2, 0.25) is 0 Å². The fourth-order valence-electron chi connectivity index (χ4n) is 2.73. The molecule has 4 aromatic rings. The summed E-state index contributed by atoms with van der Waals surface area (Å²) in [7, 11) is 0. The Labute approximate surface area is 150 Å². The number of pyridine rings is 1. The van der Waals surface area contributed by atoms with Crippen molar-refractivity contribution in [3.8, 4) is 11.5 Å². The molecule has 0 aliphatic carbocycles. The second-order valence-corrected chi connectivity index (χ2v) is 5.77. The topological polar surface area (TPSA) is 60.6 Å². The lowest BCUT2D eigenvalue weighted by Gasteiger charge is -2.12. The van der Waals surface area contributed by atoms with Crippen LogP contribution in [-0.2, 0) is 6.54 Å². The quantitative estimate of drug-likeness (QED) is 0.581. The van der Waals surface area contributed by atoms with Crippen LogP contribution in [0.3, 0.4) is 0 Å². The highest BCUT2D eigenvalue weighted by molar-refractivity contribution is 5.57. The third kappa shape index (κ3) is 3.30. The molecule has 0 unspecified atom stereocenters. The smallest absolute Gasteiger partial charge is 0.350 e. The van der Waals surface area contributed by atoms with E-state index in [9.17, 15) is 4.79 Å². The first-order chi connectivity index (χ1) is 12.8. The number of rotatable bonds is 6. The fourth-order valence-corrected chi connectivity index (χ4v) is 2.73. The Morgan fingerprint density at radius 1 is 0.923 bits per heavy atom. The summed E-state index contributed by atoms with van der Waals surface area (Å²) in [6.07, 6.45) is 1.72. The highest BCUT2D eigenvalue weighted by Crippen LogP contribution is 2.28. The molecule has 0 saturated carbocycles. The predicted molar refractivity (Wildman–Crippen MR) is 101 cm³/mol. The normalized spacial score (nSPS) is 10.8. The first kappa shape index (κ1) is 16.0. The number of ether oxygens (including phenoxy) is 1. The van der Waals surface area contributed by atoms with E-state index in [1.54, 1.807) is 6.20 Å². The molecule has 2 aromatic carbocycles. The second kappa shape index (κ2) is 7.14. The minimum Gasteiger partial charge on any atom is -0.455 e. The van der Waals surface area contributed by atoms with E-state index in [1.165, 1.54) is 9.08 Å². The SMILES string of the molecule is O=c1n(CCNc2ccccc2Oc2ccccc2)nc2ccccn12. The van der Waals surface area contributed by atoms with Crippen LogP contribution in [0.1, 0.15) is 0 Å². The number of para-hydroxylation sites is 3. The Bertz CT molecular complexity index is 1070. The van der Waals surface area contributed by atoms with Crippen molar-refractivity contribution in [3.05, 3.63) is 89.5 Å². The lowest BCUT2D eigenvalue weighted by atomic mass is 10.3. The molecule has 0 amide bonds. The molecule has 0 aliphatic rings. The molecule has 4 rings (SSSR count). The van der Waals surface area contributed by atoms with Crippen molar-refractivity contribution in [1.82, 2.24) is 14.2 Å². The third-order valence-electron chi connectivity index (χ3n) is 3.99. The van der Waals surface area contributed by atoms with Crippen molar-refractivity contribution < 1.29 is 4.74 Å². The fraction of sp³-hybridized carbons (Fsp3) is 0.100. The van der Waals surface area contributed by atoms with Gasteiger partial charge in [-0.15, -0.1) is 5.10 Å². The van der Waals surface area contributed by atoms with Crippen LogP contribution in [-0.4, -0.2) is 20.7 Å². The average molecular weight is 346 g/mol. The van der Waals surface area contributed by atoms with Gasteiger partial charge in [0, 0.05) is 12.7 Å². The van der Waals surface area contributed by atoms with Gasteiger partial charge in [-0.25, -0.2) is 9.48 Å². The standard InChI is InChI=1S/C20H18N4O2/c25-20-23-14-7-6-12-19(23)22-24(20)15-13-21-17-10-4-5-11-18(17)26-16-8-2-1-3-9-16/h1-12,14,21H,13,15H2. The van der Waals surface area contributed by atoms with E-state index in [4.69, 9.17) is 4.74 Å². The number of nitrogens with one attached hydrogen (secondary N) is 1. The summed E-state index contributed by atoms with van der Waals surface area (Å²) in [5.74, 6) is 1.51. The molecule has 0 radical (unpaired) electrons. The maximum absolute atomic E-state index is 12.3. The molecule has 26 heavy (non-hydrogen) atoms. The number of hydrogen-bond donors (Lipinski definition) is 1. The van der Waals surface area contributed by atoms with Crippen molar-refractivity contribution >= 4 is 11.3 Å². The molecular formula is C20H18N4O2. The first-order valence-corrected chi connectivity index (χ1v) is 8.41. The van der Waals surface area contributed by atoms with Crippen molar-refractivity contribution in [2.24, 2.45) is 0 Å². The number of hydrogen-bond acceptors (Lipinski definition) is 4. The van der Waals surface area contributed by atoms with E-state index in [0.717, 1.165) is 17.2 Å². The highest BCUT2D eigenvalue weighted by atomic mass is 16.5. The molecule has 2 aromatic heterocycles. The van der Waals surface area contributed by atoms with E-state index in [-0.39, 0.29) is 5.69 Å². The van der Waals surface area contributed by atoms with Crippen molar-refractivity contribution in [2.45, 2.75) is 6.54 Å². The number of nitrogens with zero attached hydrogens (tertiary/aromatic N) is 3. The molecule has 6 heteroatoms. The van der Waals surface area contributed by atoms with E-state index in [0.29, 0.717) is 18.7 Å². The Hall–Kier alpha value is -3.54. The molecule has 0 atom stereocenters. The van der Waals surface area contributed by atoms with E-state index < -0.39 is 0 Å². The molecule has 0 saturated heterocycles. The van der Waals surface area contributed by atoms with Gasteiger partial charge in [0.2, 0.25) is 0 Å². The highest BCUT2D eigenvalue weighted by Gasteiger charge is 2.07. The summed E-state index contributed by atoms with van der Waals surface area (Å²) in [5, 5.41) is 7.65. The van der Waals surface area contributed by atoms with Gasteiger partial charge >= 0.3 is 5.69 Å². The van der Waals surface area contributed by atoms with Crippen LogP contribution < -0.4 is 15.7 Å². The van der Waals surface area contributed by atoms with Gasteiger partial charge in [0.25, 0.3) is 0 Å². The second-order valence-electron chi connectivity index (χ2n) is 5.77. The number of fused-ring (bicyclic) bond motifs is 1. The maximum Gasteiger partial charge on any atom is 0.350 e. The summed E-state index contributed by atoms with van der Waals surface area (Å²) >= 11 is 0. The monoisotopic (exact) mass is 346 g/mol. The molecule has 130 valence electrons. The van der Waals surface area contributed by atoms with Gasteiger partial charge in [0.15, 0.2) is 11.4 Å². The Kier molecular flexibility index (Phi) is 4.38. The molecular weight excluding hydrogens is 328 g/mol. The number of benzene rings is 2. The van der Waals surface area contributed by atoms with Crippen LogP contribution in [0, 0.1) is 0 Å². The van der Waals surface area contributed by atoms with Crippen LogP contribution in [0.4, 0.5) is 5.69 Å². The van der Waals surface area contributed by atoms with Gasteiger partial charge in [0.1, 0.15) is 5.75 Å². The van der Waals surface area contributed by atoms with E-state index in [1.807, 2.05) is 72.8 Å². The Morgan fingerprint density at radius 2 is 1.69 bits per heavy atom. The van der Waals surface area contributed by atoms with Crippen LogP contribution in [0.5, 0.6) is 11.5 Å². The minimum atomic E-state index is -0.142. The number of aromatic nitrogens is 3. The van der Waals surface area contributed by atoms with Crippen molar-refractivity contribution in [3.63, 3.8) is 0 Å². The van der Waals surface area contributed by atoms with Gasteiger partial charge in [-0.2, -0.15) is 0 Å². The van der Waals surface area contributed by atoms with Gasteiger partial charge in [-0.1, -0.05) is 36.4 Å². The first-order valence-electron chi connectivity index (χ1n) is 8.41. The lowest BCUT2D eigenvalue weighted by Crippen LogP contribution is -2.24. The molecule has 0 bridgehead atoms. The largest absolute Gasteiger partial charge is 0.455 e. The maximum atomic E-state index is 12.3. The summed E-state index contributed by atoms with van der Waals surface area (Å²) in [5.41, 5.74) is 1.37. The van der Waals surface area contributed by atoms with Crippen molar-refractivity contribution in [1.29, 1.82) is 0 Å². The van der Waals surface area contributed by atoms with Crippen LogP contribution >= 0.6 is 0 Å². The molecule has 0 fully saturated rings. The lowest BCUT2D eigenvalue weighted by molar-refractivity contribution is 0.484. The zero-order chi connectivity index (χ0) is 17.8. The summed E-state index contributed by atoms with van der Waals surface area (Å²) < 4.78 is 8.93. The van der Waals surface area contributed by atoms with Crippen LogP contribution in [0.15, 0.2) is 83.8 Å². The van der Waals surface area contributed by atoms with Gasteiger partial charge in [-0.3, -0.25) is 4.40 Å². The summed E-state index contributed by atoms with van der Waals surface area (Å²) in [6.45, 7) is 1.01. The number of anilines is 1.